The van der Waals surface area contributed by atoms with Crippen molar-refractivity contribution in [3.8, 4) is 0 Å². The molecule has 0 aromatic heterocycles. The number of hydrogen-bond acceptors (Lipinski definition) is 2. The smallest absolute Gasteiger partial charge is 0.344 e. The molecule has 0 saturated heterocycles. The molecule has 0 fully saturated rings. The third kappa shape index (κ3) is 39.1. The molecule has 0 aliphatic heterocycles. The molecule has 0 spiro atoms. The fourth-order valence-corrected chi connectivity index (χ4v) is 0. The van der Waals surface area contributed by atoms with Crippen LogP contribution in [0.4, 0.5) is 0 Å². The average Bonchev–Trinajstić information content (AvgIpc) is 1.67. The van der Waals surface area contributed by atoms with Gasteiger partial charge in [-0.1, -0.05) is 12.7 Å². The molecule has 0 saturated carbocycles. The van der Waals surface area contributed by atoms with Crippen LogP contribution in [0, 0.1) is 13.8 Å². The Kier molecular flexibility index (Phi) is 16.0. The Balaban J connectivity index is -0.000000107. The molecule has 0 rings (SSSR count). The predicted molar refractivity (Wildman–Crippen MR) is 39.0 cm³/mol. The van der Waals surface area contributed by atoms with Crippen molar-refractivity contribution in [3.05, 3.63) is 13.8 Å². The van der Waals surface area contributed by atoms with Crippen LogP contribution in [0.2, 0.25) is 0 Å². The van der Waals surface area contributed by atoms with Gasteiger partial charge in [-0.3, -0.25) is 0 Å². The van der Waals surface area contributed by atoms with E-state index in [1.165, 1.54) is 0 Å². The molecule has 0 aromatic carbocycles. The topological polar surface area (TPSA) is 60.2 Å². The summed E-state index contributed by atoms with van der Waals surface area (Å²) in [4.78, 5) is 0. The summed E-state index contributed by atoms with van der Waals surface area (Å²) >= 11 is 0. The normalized spacial score (nSPS) is 8.80. The van der Waals surface area contributed by atoms with Gasteiger partial charge >= 0.3 is 18.6 Å². The second-order valence-corrected chi connectivity index (χ2v) is 3.10. The van der Waals surface area contributed by atoms with Crippen LogP contribution >= 0.6 is 0 Å². The number of sulfonamides is 1. The molecule has 61 valence electrons. The quantitative estimate of drug-likeness (QED) is 0.623. The summed E-state index contributed by atoms with van der Waals surface area (Å²) in [5.41, 5.74) is 0. The number of rotatable bonds is 1. The van der Waals surface area contributed by atoms with E-state index in [0.29, 0.717) is 0 Å². The van der Waals surface area contributed by atoms with Crippen LogP contribution < -0.4 is 5.14 Å². The van der Waals surface area contributed by atoms with Gasteiger partial charge in [0.25, 0.3) is 0 Å². The minimum atomic E-state index is -3.27. The zero-order valence-corrected chi connectivity index (χ0v) is 8.29. The van der Waals surface area contributed by atoms with Crippen LogP contribution in [0.15, 0.2) is 0 Å². The van der Waals surface area contributed by atoms with Gasteiger partial charge in [0.05, 0.1) is 0 Å². The van der Waals surface area contributed by atoms with Crippen molar-refractivity contribution in [2.75, 3.05) is 5.75 Å². The van der Waals surface area contributed by atoms with Crippen LogP contribution in [0.5, 0.6) is 0 Å². The van der Waals surface area contributed by atoms with E-state index in [9.17, 15) is 8.42 Å². The van der Waals surface area contributed by atoms with E-state index in [2.05, 4.69) is 19.0 Å². The summed E-state index contributed by atoms with van der Waals surface area (Å²) in [6, 6.07) is 0. The van der Waals surface area contributed by atoms with E-state index in [0.717, 1.165) is 6.42 Å². The molecule has 3 nitrogen and oxygen atoms in total. The molecule has 10 heavy (non-hydrogen) atoms. The molecule has 0 aliphatic rings. The van der Waals surface area contributed by atoms with Gasteiger partial charge in [0, 0.05) is 0 Å². The second kappa shape index (κ2) is 9.49. The van der Waals surface area contributed by atoms with Gasteiger partial charge in [0.1, 0.15) is 0 Å². The van der Waals surface area contributed by atoms with Crippen LogP contribution in [-0.2, 0) is 28.6 Å². The molecular formula is C5H13NO2SV. The largest absolute Gasteiger partial charge is 2.00 e. The van der Waals surface area contributed by atoms with Gasteiger partial charge in [-0.2, -0.15) is 6.42 Å². The summed E-state index contributed by atoms with van der Waals surface area (Å²) in [6.07, 6.45) is 1.00. The van der Waals surface area contributed by atoms with Gasteiger partial charge in [-0.05, 0) is 0 Å². The van der Waals surface area contributed by atoms with Gasteiger partial charge in [-0.25, -0.2) is 13.6 Å². The summed E-state index contributed by atoms with van der Waals surface area (Å²) in [7, 11) is -3.27. The van der Waals surface area contributed by atoms with E-state index < -0.39 is 10.0 Å². The zero-order valence-electron chi connectivity index (χ0n) is 6.08. The molecule has 2 N–H and O–H groups in total. The number of nitrogens with two attached hydrogens (primary N) is 1. The van der Waals surface area contributed by atoms with Crippen LogP contribution in [0.1, 0.15) is 13.3 Å². The van der Waals surface area contributed by atoms with Gasteiger partial charge < -0.3 is 13.8 Å². The number of primary sulfonamides is 1. The standard InChI is InChI=1S/C3H7.C2H6NO2S.V/c1-3-2;1-2-6(3,4)5;/h1,3H2,2H3;1-2H2,(H2,3,4,5);/q2*-1;+2. The van der Waals surface area contributed by atoms with E-state index in [4.69, 9.17) is 0 Å². The Morgan fingerprint density at radius 3 is 1.50 bits per heavy atom. The molecule has 0 heterocycles. The van der Waals surface area contributed by atoms with Crippen LogP contribution in [-0.4, -0.2) is 14.2 Å². The Labute approximate surface area is 75.3 Å². The third-order valence-corrected chi connectivity index (χ3v) is 0.854. The molecule has 0 aromatic rings. The van der Waals surface area contributed by atoms with Crippen molar-refractivity contribution in [1.82, 2.24) is 0 Å². The molecular weight excluding hydrogens is 189 g/mol. The molecule has 0 atom stereocenters. The van der Waals surface area contributed by atoms with Crippen molar-refractivity contribution in [3.63, 3.8) is 0 Å². The summed E-state index contributed by atoms with van der Waals surface area (Å²) in [6.45, 7) is 8.54. The first-order chi connectivity index (χ1) is 3.97. The van der Waals surface area contributed by atoms with Crippen molar-refractivity contribution in [2.45, 2.75) is 13.3 Å². The van der Waals surface area contributed by atoms with Gasteiger partial charge in [-0.15, -0.1) is 0 Å². The SMILES string of the molecule is [CH2-]CC.[CH2-]CS(N)(=O)=O.[V+2]. The van der Waals surface area contributed by atoms with Crippen molar-refractivity contribution in [2.24, 2.45) is 5.14 Å². The predicted octanol–water partition coefficient (Wildman–Crippen LogP) is 0.337. The third-order valence-electron chi connectivity index (χ3n) is 0.285. The van der Waals surface area contributed by atoms with E-state index in [-0.39, 0.29) is 24.3 Å². The molecule has 1 radical (unpaired) electrons. The fourth-order valence-electron chi connectivity index (χ4n) is 0. The zero-order chi connectivity index (χ0) is 7.91. The molecule has 0 aliphatic carbocycles. The fraction of sp³-hybridized carbons (Fsp3) is 0.600. The molecule has 0 amide bonds. The Bertz CT molecular complexity index is 133. The first kappa shape index (κ1) is 16.8. The molecule has 5 heteroatoms. The Hall–Kier alpha value is 0.494. The minimum Gasteiger partial charge on any atom is -0.344 e. The maximum atomic E-state index is 9.72. The summed E-state index contributed by atoms with van der Waals surface area (Å²) in [5.74, 6) is -0.229. The van der Waals surface area contributed by atoms with Crippen LogP contribution in [0.3, 0.4) is 0 Å². The average molecular weight is 202 g/mol. The minimum absolute atomic E-state index is 0. The maximum Gasteiger partial charge on any atom is 2.00 e. The van der Waals surface area contributed by atoms with Gasteiger partial charge in [0.2, 0.25) is 0 Å². The van der Waals surface area contributed by atoms with E-state index in [1.54, 1.807) is 0 Å². The first-order valence-corrected chi connectivity index (χ1v) is 4.28. The Morgan fingerprint density at radius 2 is 1.50 bits per heavy atom. The molecule has 0 unspecified atom stereocenters. The van der Waals surface area contributed by atoms with Crippen LogP contribution in [0.25, 0.3) is 0 Å². The van der Waals surface area contributed by atoms with E-state index in [1.807, 2.05) is 6.92 Å². The molecule has 0 bridgehead atoms. The second-order valence-electron chi connectivity index (χ2n) is 1.37. The van der Waals surface area contributed by atoms with E-state index >= 15 is 0 Å². The monoisotopic (exact) mass is 202 g/mol. The maximum absolute atomic E-state index is 9.72. The number of hydrogen-bond donors (Lipinski definition) is 1. The Morgan fingerprint density at radius 1 is 1.40 bits per heavy atom. The van der Waals surface area contributed by atoms with Crippen molar-refractivity contribution < 1.29 is 27.0 Å². The van der Waals surface area contributed by atoms with Gasteiger partial charge in [0.15, 0.2) is 10.0 Å². The van der Waals surface area contributed by atoms with Crippen molar-refractivity contribution in [1.29, 1.82) is 0 Å². The summed E-state index contributed by atoms with van der Waals surface area (Å²) in [5, 5.41) is 4.44. The van der Waals surface area contributed by atoms with Crippen molar-refractivity contribution >= 4 is 10.0 Å². The summed E-state index contributed by atoms with van der Waals surface area (Å²) < 4.78 is 19.4. The first-order valence-electron chi connectivity index (χ1n) is 2.56.